The summed E-state index contributed by atoms with van der Waals surface area (Å²) in [4.78, 5) is 15.4. The van der Waals surface area contributed by atoms with E-state index < -0.39 is 0 Å². The Bertz CT molecular complexity index is 1680. The molecule has 0 amide bonds. The van der Waals surface area contributed by atoms with E-state index in [2.05, 4.69) is 84.8 Å². The van der Waals surface area contributed by atoms with Gasteiger partial charge >= 0.3 is 0 Å². The first-order valence-electron chi connectivity index (χ1n) is 10.8. The minimum absolute atomic E-state index is 0.381. The smallest absolute Gasteiger partial charge is 0.270 e. The van der Waals surface area contributed by atoms with Gasteiger partial charge in [0.25, 0.3) is 5.82 Å². The van der Waals surface area contributed by atoms with Gasteiger partial charge in [0.2, 0.25) is 0 Å². The number of hydrogen-bond donors (Lipinski definition) is 0. The molecule has 5 aromatic rings. The molecule has 6 rings (SSSR count). The summed E-state index contributed by atoms with van der Waals surface area (Å²) in [7, 11) is 0. The standard InChI is InChI=1S/C13H7BrN4.C8H6BrN.C6H3BrN2/c14-10-5-4-9-8-16-18(12(9)6-10)13-3-1-2-11(7-15)17-13;9-8-2-1-6-4-10-5-7(6)3-8;1-8-6-4-2-3-5(7)9-6/h1-6,8H;1-4H,5H2;2-4H. The summed E-state index contributed by atoms with van der Waals surface area (Å²) < 4.78 is 4.54. The number of halogens is 3. The summed E-state index contributed by atoms with van der Waals surface area (Å²) in [5.41, 5.74) is 3.90. The van der Waals surface area contributed by atoms with Gasteiger partial charge in [-0.1, -0.05) is 62.7 Å². The quantitative estimate of drug-likeness (QED) is 0.134. The molecule has 0 bridgehead atoms. The second-order valence-electron chi connectivity index (χ2n) is 7.50. The van der Waals surface area contributed by atoms with Crippen LogP contribution in [0.2, 0.25) is 0 Å². The number of pyridine rings is 2. The van der Waals surface area contributed by atoms with E-state index in [4.69, 9.17) is 11.8 Å². The molecule has 0 saturated carbocycles. The largest absolute Gasteiger partial charge is 0.361 e. The van der Waals surface area contributed by atoms with Crippen LogP contribution >= 0.6 is 47.8 Å². The zero-order chi connectivity index (χ0) is 26.2. The summed E-state index contributed by atoms with van der Waals surface area (Å²) in [5, 5.41) is 14.2. The molecule has 180 valence electrons. The number of fused-ring (bicyclic) bond motifs is 2. The molecule has 0 aliphatic carbocycles. The van der Waals surface area contributed by atoms with Gasteiger partial charge in [-0.3, -0.25) is 4.99 Å². The number of nitriles is 1. The molecule has 10 heteroatoms. The van der Waals surface area contributed by atoms with Crippen LogP contribution in [0.3, 0.4) is 0 Å². The number of benzene rings is 2. The highest BCUT2D eigenvalue weighted by Gasteiger charge is 2.07. The van der Waals surface area contributed by atoms with Crippen LogP contribution in [-0.2, 0) is 6.54 Å². The van der Waals surface area contributed by atoms with Gasteiger partial charge in [0, 0.05) is 20.5 Å². The van der Waals surface area contributed by atoms with Crippen LogP contribution in [-0.4, -0.2) is 26.0 Å². The molecule has 0 atom stereocenters. The SMILES string of the molecule is Brc1ccc2c(c1)CN=C2.N#Cc1cccc(-n2ncc3ccc(Br)cc32)n1.[C-]#[N+]c1cccc(Br)n1. The average molecular weight is 678 g/mol. The summed E-state index contributed by atoms with van der Waals surface area (Å²) in [6.45, 7) is 7.42. The lowest BCUT2D eigenvalue weighted by atomic mass is 10.1. The van der Waals surface area contributed by atoms with E-state index in [-0.39, 0.29) is 0 Å². The van der Waals surface area contributed by atoms with Gasteiger partial charge < -0.3 is 4.85 Å². The third-order valence-electron chi connectivity index (χ3n) is 5.01. The van der Waals surface area contributed by atoms with Gasteiger partial charge in [-0.25, -0.2) is 9.67 Å². The lowest BCUT2D eigenvalue weighted by molar-refractivity contribution is 0.871. The Morgan fingerprint density at radius 3 is 2.46 bits per heavy atom. The Balaban J connectivity index is 0.000000143. The van der Waals surface area contributed by atoms with Crippen molar-refractivity contribution >= 4 is 70.7 Å². The fourth-order valence-corrected chi connectivity index (χ4v) is 4.41. The molecule has 0 unspecified atom stereocenters. The third kappa shape index (κ3) is 6.95. The van der Waals surface area contributed by atoms with Crippen molar-refractivity contribution in [3.8, 4) is 11.9 Å². The predicted molar refractivity (Wildman–Crippen MR) is 155 cm³/mol. The summed E-state index contributed by atoms with van der Waals surface area (Å²) >= 11 is 10.00. The van der Waals surface area contributed by atoms with Crippen molar-refractivity contribution in [1.82, 2.24) is 19.7 Å². The van der Waals surface area contributed by atoms with E-state index in [0.717, 1.165) is 26.4 Å². The molecule has 4 heterocycles. The lowest BCUT2D eigenvalue weighted by Gasteiger charge is -2.02. The van der Waals surface area contributed by atoms with Crippen LogP contribution < -0.4 is 0 Å². The Kier molecular flexibility index (Phi) is 8.91. The van der Waals surface area contributed by atoms with Gasteiger partial charge in [-0.15, -0.1) is 4.98 Å². The highest BCUT2D eigenvalue weighted by molar-refractivity contribution is 9.11. The molecule has 0 spiro atoms. The molecule has 1 aliphatic heterocycles. The summed E-state index contributed by atoms with van der Waals surface area (Å²) in [6.07, 6.45) is 3.70. The molecular formula is C27H16Br3N7. The minimum atomic E-state index is 0.381. The van der Waals surface area contributed by atoms with Gasteiger partial charge in [-0.2, -0.15) is 10.4 Å². The zero-order valence-electron chi connectivity index (χ0n) is 19.1. The van der Waals surface area contributed by atoms with Crippen LogP contribution in [0, 0.1) is 17.9 Å². The van der Waals surface area contributed by atoms with E-state index in [9.17, 15) is 0 Å². The van der Waals surface area contributed by atoms with Crippen molar-refractivity contribution in [3.05, 3.63) is 121 Å². The zero-order valence-corrected chi connectivity index (χ0v) is 23.8. The molecule has 0 saturated heterocycles. The first-order chi connectivity index (χ1) is 18.0. The second-order valence-corrected chi connectivity index (χ2v) is 10.1. The van der Waals surface area contributed by atoms with Crippen molar-refractivity contribution in [2.24, 2.45) is 4.99 Å². The van der Waals surface area contributed by atoms with E-state index in [1.807, 2.05) is 42.6 Å². The number of aliphatic imine (C=N–C) groups is 1. The molecular weight excluding hydrogens is 662 g/mol. The van der Waals surface area contributed by atoms with E-state index in [0.29, 0.717) is 21.9 Å². The van der Waals surface area contributed by atoms with E-state index in [1.54, 1.807) is 41.2 Å². The van der Waals surface area contributed by atoms with E-state index >= 15 is 0 Å². The van der Waals surface area contributed by atoms with Crippen LogP contribution in [0.1, 0.15) is 16.8 Å². The average Bonchev–Trinajstić information content (AvgIpc) is 3.56. The number of hydrogen-bond acceptors (Lipinski definition) is 5. The number of rotatable bonds is 1. The molecule has 1 aliphatic rings. The molecule has 7 nitrogen and oxygen atoms in total. The maximum absolute atomic E-state index is 8.87. The molecule has 3 aromatic heterocycles. The van der Waals surface area contributed by atoms with Crippen molar-refractivity contribution in [1.29, 1.82) is 5.26 Å². The maximum atomic E-state index is 8.87. The molecule has 37 heavy (non-hydrogen) atoms. The Hall–Kier alpha value is -3.70. The fourth-order valence-electron chi connectivity index (χ4n) is 3.32. The molecule has 0 N–H and O–H groups in total. The fraction of sp³-hybridized carbons (Fsp3) is 0.0370. The summed E-state index contributed by atoms with van der Waals surface area (Å²) in [6, 6.07) is 24.7. The number of aromatic nitrogens is 4. The molecule has 2 aromatic carbocycles. The van der Waals surface area contributed by atoms with Gasteiger partial charge in [-0.05, 0) is 75.6 Å². The summed E-state index contributed by atoms with van der Waals surface area (Å²) in [5.74, 6) is 1.06. The van der Waals surface area contributed by atoms with Crippen molar-refractivity contribution in [2.75, 3.05) is 0 Å². The second kappa shape index (κ2) is 12.5. The van der Waals surface area contributed by atoms with Crippen molar-refractivity contribution in [2.45, 2.75) is 6.54 Å². The van der Waals surface area contributed by atoms with Gasteiger partial charge in [0.15, 0.2) is 10.4 Å². The van der Waals surface area contributed by atoms with Crippen molar-refractivity contribution < 1.29 is 0 Å². The van der Waals surface area contributed by atoms with Gasteiger partial charge in [0.05, 0.1) is 18.3 Å². The highest BCUT2D eigenvalue weighted by Crippen LogP contribution is 2.22. The first-order valence-corrected chi connectivity index (χ1v) is 13.1. The normalized spacial score (nSPS) is 10.8. The Labute approximate surface area is 238 Å². The van der Waals surface area contributed by atoms with E-state index in [1.165, 1.54) is 11.1 Å². The first kappa shape index (κ1) is 26.4. The monoisotopic (exact) mass is 675 g/mol. The molecule has 0 radical (unpaired) electrons. The van der Waals surface area contributed by atoms with Crippen molar-refractivity contribution in [3.63, 3.8) is 0 Å². The number of nitrogens with zero attached hydrogens (tertiary/aromatic N) is 7. The molecule has 0 fully saturated rings. The Morgan fingerprint density at radius 1 is 0.919 bits per heavy atom. The predicted octanol–water partition coefficient (Wildman–Crippen LogP) is 7.83. The maximum Gasteiger partial charge on any atom is 0.270 e. The lowest BCUT2D eigenvalue weighted by Crippen LogP contribution is -2.00. The highest BCUT2D eigenvalue weighted by atomic mass is 79.9. The topological polar surface area (TPSA) is 84.1 Å². The van der Waals surface area contributed by atoms with Crippen LogP contribution in [0.5, 0.6) is 0 Å². The Morgan fingerprint density at radius 2 is 1.70 bits per heavy atom. The van der Waals surface area contributed by atoms with Gasteiger partial charge in [0.1, 0.15) is 11.8 Å². The van der Waals surface area contributed by atoms with Crippen LogP contribution in [0.4, 0.5) is 5.82 Å². The minimum Gasteiger partial charge on any atom is -0.361 e. The van der Waals surface area contributed by atoms with Crippen LogP contribution in [0.15, 0.2) is 97.5 Å². The van der Waals surface area contributed by atoms with Crippen LogP contribution in [0.25, 0.3) is 21.6 Å². The third-order valence-corrected chi connectivity index (χ3v) is 6.44.